The van der Waals surface area contributed by atoms with Gasteiger partial charge in [-0.05, 0) is 277 Å². The van der Waals surface area contributed by atoms with Crippen LogP contribution in [0.2, 0.25) is 0 Å². The molecule has 0 saturated carbocycles. The number of halogens is 8. The van der Waals surface area contributed by atoms with Gasteiger partial charge < -0.3 is 46.1 Å². The lowest BCUT2D eigenvalue weighted by Gasteiger charge is -2.21. The predicted octanol–water partition coefficient (Wildman–Crippen LogP) is 26.3. The van der Waals surface area contributed by atoms with E-state index in [1.54, 1.807) is 0 Å². The molecular weight excluding hydrogens is 2010 g/mol. The lowest BCUT2D eigenvalue weighted by molar-refractivity contribution is 0.0525. The van der Waals surface area contributed by atoms with Crippen molar-refractivity contribution in [3.63, 3.8) is 0 Å². The molecule has 0 bridgehead atoms. The zero-order valence-corrected chi connectivity index (χ0v) is 80.7. The molecule has 0 fully saturated rings. The monoisotopic (exact) mass is 2100 g/mol. The molecule has 0 saturated heterocycles. The van der Waals surface area contributed by atoms with Gasteiger partial charge in [0.25, 0.3) is 0 Å². The van der Waals surface area contributed by atoms with E-state index in [0.29, 0.717) is 42.8 Å². The molecule has 19 rings (SSSR count). The van der Waals surface area contributed by atoms with Gasteiger partial charge in [0.15, 0.2) is 23.1 Å². The van der Waals surface area contributed by atoms with Gasteiger partial charge in [0.05, 0.1) is 39.3 Å². The number of hydrogen-bond acceptors (Lipinski definition) is 14. The summed E-state index contributed by atoms with van der Waals surface area (Å²) < 4.78 is 27.8. The summed E-state index contributed by atoms with van der Waals surface area (Å²) in [5.41, 5.74) is 31.2. The molecule has 6 aliphatic rings. The van der Waals surface area contributed by atoms with Crippen molar-refractivity contribution in [2.45, 2.75) is 207 Å². The number of Topliss-reactive ketones (excluding diaryl/α,β-unsaturated/α-hetero) is 4. The van der Waals surface area contributed by atoms with E-state index in [-0.39, 0.29) is 47.6 Å². The average molecular weight is 2110 g/mol. The van der Waals surface area contributed by atoms with Crippen LogP contribution in [0.25, 0.3) is 65.4 Å². The van der Waals surface area contributed by atoms with Crippen LogP contribution >= 0.6 is 124 Å². The molecular formula is C93H98Br7ClN10O10. The first-order valence-electron chi connectivity index (χ1n) is 40.4. The average Bonchev–Trinajstić information content (AvgIpc) is 1.60. The number of benzene rings is 7. The van der Waals surface area contributed by atoms with Gasteiger partial charge in [-0.3, -0.25) is 25.0 Å². The summed E-state index contributed by atoms with van der Waals surface area (Å²) in [6.45, 7) is 16.4. The normalized spacial score (nSPS) is 15.9. The Balaban J connectivity index is 0.000000131. The van der Waals surface area contributed by atoms with Crippen LogP contribution in [0.1, 0.15) is 238 Å². The smallest absolute Gasteiger partial charge is 0.419 e. The van der Waals surface area contributed by atoms with Gasteiger partial charge in [-0.25, -0.2) is 28.1 Å². The maximum absolute atomic E-state index is 12.6. The van der Waals surface area contributed by atoms with Gasteiger partial charge in [0, 0.05) is 135 Å². The molecule has 121 heavy (non-hydrogen) atoms. The zero-order valence-electron chi connectivity index (χ0n) is 68.8. The number of ketones is 4. The Kier molecular flexibility index (Phi) is 29.6. The van der Waals surface area contributed by atoms with Gasteiger partial charge >= 0.3 is 18.3 Å². The summed E-state index contributed by atoms with van der Waals surface area (Å²) in [6, 6.07) is 44.1. The SMILES string of the molecule is CC(C)(C)OC(=O)n1c2c(c3c(Br)cccc31)CCCC2=O.CC(C)(C)OC(=O)n1c2c(c3ccc(Br)cc31)CCCC2=O.CC(C)(C)OC(=O)n1c2c(c3ccc(Br)cc31)CCCC2=O.Cl.NC1CCCc2c1[nH]c1cc(Br)ccc21.NC1CCCc2c1[nH]c1cc(Br)ccc21.NNc1cccc(Br)c1.O=C1CCCc2c1[nH]c1cc(Br)ccc21. The van der Waals surface area contributed by atoms with E-state index in [0.717, 1.165) is 175 Å². The third-order valence-electron chi connectivity index (χ3n) is 21.5. The number of fused-ring (bicyclic) bond motifs is 18. The molecule has 0 radical (unpaired) electrons. The summed E-state index contributed by atoms with van der Waals surface area (Å²) in [5.74, 6) is 5.44. The Bertz CT molecular complexity index is 5920. The van der Waals surface area contributed by atoms with E-state index in [2.05, 4.69) is 174 Å². The number of nitrogens with two attached hydrogens (primary N) is 3. The minimum absolute atomic E-state index is 0. The number of hydrazine groups is 1. The fraction of sp³-hybridized carbons (Fsp3) is 0.344. The number of H-pyrrole nitrogens is 3. The number of carbonyl (C=O) groups is 7. The van der Waals surface area contributed by atoms with Crippen molar-refractivity contribution in [1.29, 1.82) is 0 Å². The Morgan fingerprint density at radius 2 is 0.719 bits per heavy atom. The van der Waals surface area contributed by atoms with E-state index >= 15 is 0 Å². The molecule has 2 atom stereocenters. The van der Waals surface area contributed by atoms with Crippen molar-refractivity contribution in [2.24, 2.45) is 17.3 Å². The van der Waals surface area contributed by atoms with Crippen molar-refractivity contribution >= 4 is 236 Å². The molecule has 2 unspecified atom stereocenters. The van der Waals surface area contributed by atoms with E-state index < -0.39 is 35.1 Å². The Morgan fingerprint density at radius 3 is 1.12 bits per heavy atom. The van der Waals surface area contributed by atoms with Crippen LogP contribution in [0.5, 0.6) is 0 Å². The van der Waals surface area contributed by atoms with E-state index in [1.165, 1.54) is 81.8 Å². The Morgan fingerprint density at radius 1 is 0.380 bits per heavy atom. The third kappa shape index (κ3) is 21.1. The minimum Gasteiger partial charge on any atom is -0.443 e. The van der Waals surface area contributed by atoms with E-state index in [9.17, 15) is 33.6 Å². The lowest BCUT2D eigenvalue weighted by atomic mass is 9.92. The number of anilines is 1. The summed E-state index contributed by atoms with van der Waals surface area (Å²) in [6.07, 6.45) is 14.5. The third-order valence-corrected chi connectivity index (χ3v) is 25.1. The summed E-state index contributed by atoms with van der Waals surface area (Å²) in [5, 5.41) is 6.72. The number of nitrogens with zero attached hydrogens (tertiary/aromatic N) is 3. The van der Waals surface area contributed by atoms with E-state index in [1.807, 2.05) is 153 Å². The summed E-state index contributed by atoms with van der Waals surface area (Å²) in [4.78, 5) is 96.9. The second-order valence-electron chi connectivity index (χ2n) is 33.7. The van der Waals surface area contributed by atoms with E-state index in [4.69, 9.17) is 31.5 Å². The summed E-state index contributed by atoms with van der Waals surface area (Å²) in [7, 11) is 0. The predicted molar refractivity (Wildman–Crippen MR) is 510 cm³/mol. The molecule has 20 nitrogen and oxygen atoms in total. The second-order valence-corrected chi connectivity index (χ2v) is 40.1. The molecule has 0 amide bonds. The first-order valence-corrected chi connectivity index (χ1v) is 45.9. The number of hydrogen-bond donors (Lipinski definition) is 7. The highest BCUT2D eigenvalue weighted by molar-refractivity contribution is 9.11. The molecule has 6 aliphatic carbocycles. The molecule has 10 N–H and O–H groups in total. The number of nitrogens with one attached hydrogen (secondary N) is 4. The maximum atomic E-state index is 12.6. The lowest BCUT2D eigenvalue weighted by Crippen LogP contribution is -2.29. The quantitative estimate of drug-likeness (QED) is 0.0457. The molecule has 13 aromatic rings. The van der Waals surface area contributed by atoms with Crippen molar-refractivity contribution in [3.8, 4) is 0 Å². The molecule has 7 aromatic carbocycles. The summed E-state index contributed by atoms with van der Waals surface area (Å²) >= 11 is 24.1. The van der Waals surface area contributed by atoms with Crippen LogP contribution in [-0.2, 0) is 52.7 Å². The number of rotatable bonds is 1. The van der Waals surface area contributed by atoms with Gasteiger partial charge in [-0.15, -0.1) is 12.4 Å². The maximum Gasteiger partial charge on any atom is 0.419 e. The van der Waals surface area contributed by atoms with Crippen LogP contribution in [-0.4, -0.2) is 86.9 Å². The number of aryl methyl sites for hydroxylation is 6. The molecule has 6 aromatic heterocycles. The first kappa shape index (κ1) is 92.4. The molecule has 0 aliphatic heterocycles. The highest BCUT2D eigenvalue weighted by Crippen LogP contribution is 2.42. The van der Waals surface area contributed by atoms with Crippen molar-refractivity contribution in [2.75, 3.05) is 5.43 Å². The highest BCUT2D eigenvalue weighted by Gasteiger charge is 2.36. The van der Waals surface area contributed by atoms with Gasteiger partial charge in [0.2, 0.25) is 0 Å². The number of ether oxygens (including phenoxy) is 3. The Hall–Kier alpha value is -7.80. The number of aromatic amines is 3. The van der Waals surface area contributed by atoms with Crippen LogP contribution in [0.3, 0.4) is 0 Å². The minimum atomic E-state index is -0.607. The van der Waals surface area contributed by atoms with Crippen molar-refractivity contribution in [1.82, 2.24) is 28.7 Å². The van der Waals surface area contributed by atoms with Crippen molar-refractivity contribution < 1.29 is 47.8 Å². The number of aromatic nitrogens is 6. The number of nitrogen functional groups attached to an aromatic ring is 1. The topological polar surface area (TPSA) is 299 Å². The first-order chi connectivity index (χ1) is 56.9. The number of carbonyl (C=O) groups excluding carboxylic acids is 7. The molecule has 6 heterocycles. The van der Waals surface area contributed by atoms with Crippen LogP contribution in [0.15, 0.2) is 165 Å². The van der Waals surface area contributed by atoms with Crippen LogP contribution in [0, 0.1) is 0 Å². The largest absolute Gasteiger partial charge is 0.443 e. The van der Waals surface area contributed by atoms with Crippen LogP contribution < -0.4 is 22.7 Å². The van der Waals surface area contributed by atoms with Gasteiger partial charge in [-0.2, -0.15) is 0 Å². The van der Waals surface area contributed by atoms with Crippen molar-refractivity contribution in [3.05, 3.63) is 232 Å². The Labute approximate surface area is 767 Å². The highest BCUT2D eigenvalue weighted by atomic mass is 79.9. The fourth-order valence-corrected chi connectivity index (χ4v) is 19.4. The molecule has 0 spiro atoms. The van der Waals surface area contributed by atoms with Gasteiger partial charge in [-0.1, -0.05) is 154 Å². The van der Waals surface area contributed by atoms with Crippen LogP contribution in [0.4, 0.5) is 20.1 Å². The molecule has 28 heteroatoms. The second kappa shape index (κ2) is 38.8. The standard InChI is InChI=1S/3C17H18BrNO3.2C12H13BrN2.C12H10BrNO.C6H7BrN2.ClH/c1-17(2,3)22-16(21)19-12-8-5-7-11(18)14(12)10-6-4-9-13(20)15(10)19;2*1-17(2,3)22-16(21)19-13-9-10(18)7-8-11(13)12-5-4-6-14(20)15(12)19;2*13-7-4-5-8-9-2-1-3-10(14)12(9)15-11(8)6-7;13-7-4-5-8-9-2-1-3-11(15)12(9)14-10(8)6-7;7-5-2-1-3-6(4-5)9-8;/h5,7-8H,4,6,9H2,1-3H3;2*7-9H,4-6H2,1-3H3;2*4-6,10,15H,1-3,14H2;4-6,14H,1-3H2;1-4,9H,8H2;1H. The fourth-order valence-electron chi connectivity index (χ4n) is 16.6. The zero-order chi connectivity index (χ0) is 86.1. The van der Waals surface area contributed by atoms with Gasteiger partial charge in [0.1, 0.15) is 16.8 Å². The molecule has 636 valence electrons.